The Morgan fingerprint density at radius 1 is 1.45 bits per heavy atom. The molecule has 1 amide bonds. The van der Waals surface area contributed by atoms with Gasteiger partial charge in [0, 0.05) is 51.1 Å². The van der Waals surface area contributed by atoms with Crippen molar-refractivity contribution in [3.8, 4) is 0 Å². The van der Waals surface area contributed by atoms with Gasteiger partial charge in [-0.3, -0.25) is 9.48 Å². The van der Waals surface area contributed by atoms with Crippen LogP contribution in [0.15, 0.2) is 18.6 Å². The lowest BCUT2D eigenvalue weighted by molar-refractivity contribution is -0.122. The van der Waals surface area contributed by atoms with Crippen molar-refractivity contribution in [1.29, 1.82) is 0 Å². The van der Waals surface area contributed by atoms with Gasteiger partial charge in [0.2, 0.25) is 5.91 Å². The molecule has 0 fully saturated rings. The van der Waals surface area contributed by atoms with Crippen LogP contribution in [0.5, 0.6) is 0 Å². The van der Waals surface area contributed by atoms with E-state index in [1.807, 2.05) is 33.4 Å². The molecule has 3 rings (SSSR count). The molecule has 0 unspecified atom stereocenters. The van der Waals surface area contributed by atoms with E-state index in [0.717, 1.165) is 36.6 Å². The summed E-state index contributed by atoms with van der Waals surface area (Å²) in [7, 11) is 3.67. The first-order chi connectivity index (χ1) is 9.56. The monoisotopic (exact) mass is 273 g/mol. The Labute approximate surface area is 118 Å². The minimum Gasteiger partial charge on any atom is -0.332 e. The van der Waals surface area contributed by atoms with E-state index in [-0.39, 0.29) is 11.8 Å². The summed E-state index contributed by atoms with van der Waals surface area (Å²) in [6.45, 7) is 2.88. The van der Waals surface area contributed by atoms with E-state index in [9.17, 15) is 4.79 Å². The lowest BCUT2D eigenvalue weighted by Crippen LogP contribution is -2.36. The molecule has 0 spiro atoms. The van der Waals surface area contributed by atoms with Gasteiger partial charge in [0.15, 0.2) is 0 Å². The first-order valence-corrected chi connectivity index (χ1v) is 6.83. The number of carbonyl (C=O) groups is 1. The summed E-state index contributed by atoms with van der Waals surface area (Å²) >= 11 is 0. The average molecular weight is 273 g/mol. The Morgan fingerprint density at radius 2 is 2.25 bits per heavy atom. The van der Waals surface area contributed by atoms with Crippen molar-refractivity contribution >= 4 is 11.6 Å². The third-order valence-electron chi connectivity index (χ3n) is 4.05. The standard InChI is InChI=1S/C14H19N5O/c1-10-15-7-12-6-11(4-5-19(10)12)14(20)18(3)13-8-16-17(2)9-13/h7-9,11H,4-6H2,1-3H3/t11-/m0/s1. The molecule has 0 radical (unpaired) electrons. The maximum atomic E-state index is 12.6. The van der Waals surface area contributed by atoms with Crippen LogP contribution in [0.2, 0.25) is 0 Å². The predicted octanol–water partition coefficient (Wildman–Crippen LogP) is 1.15. The second kappa shape index (κ2) is 4.77. The van der Waals surface area contributed by atoms with Gasteiger partial charge in [-0.2, -0.15) is 5.10 Å². The highest BCUT2D eigenvalue weighted by atomic mass is 16.2. The zero-order valence-electron chi connectivity index (χ0n) is 12.1. The molecular weight excluding hydrogens is 254 g/mol. The van der Waals surface area contributed by atoms with E-state index in [2.05, 4.69) is 14.6 Å². The highest BCUT2D eigenvalue weighted by molar-refractivity contribution is 5.94. The topological polar surface area (TPSA) is 56.0 Å². The number of rotatable bonds is 2. The molecule has 0 aromatic carbocycles. The van der Waals surface area contributed by atoms with Crippen LogP contribution < -0.4 is 4.90 Å². The zero-order chi connectivity index (χ0) is 14.3. The maximum absolute atomic E-state index is 12.6. The summed E-state index contributed by atoms with van der Waals surface area (Å²) in [5, 5.41) is 4.11. The molecule has 1 aliphatic rings. The summed E-state index contributed by atoms with van der Waals surface area (Å²) in [6.07, 6.45) is 7.10. The summed E-state index contributed by atoms with van der Waals surface area (Å²) in [5.74, 6) is 1.22. The molecule has 20 heavy (non-hydrogen) atoms. The number of imidazole rings is 1. The summed E-state index contributed by atoms with van der Waals surface area (Å²) < 4.78 is 3.91. The van der Waals surface area contributed by atoms with Gasteiger partial charge in [-0.25, -0.2) is 4.98 Å². The van der Waals surface area contributed by atoms with Gasteiger partial charge in [0.1, 0.15) is 5.82 Å². The van der Waals surface area contributed by atoms with Crippen molar-refractivity contribution in [3.05, 3.63) is 30.1 Å². The number of nitrogens with zero attached hydrogens (tertiary/aromatic N) is 5. The third kappa shape index (κ3) is 2.11. The van der Waals surface area contributed by atoms with Gasteiger partial charge in [-0.1, -0.05) is 0 Å². The molecule has 0 bridgehead atoms. The van der Waals surface area contributed by atoms with E-state index in [0.29, 0.717) is 0 Å². The van der Waals surface area contributed by atoms with Crippen LogP contribution in [0.25, 0.3) is 0 Å². The summed E-state index contributed by atoms with van der Waals surface area (Å²) in [5.41, 5.74) is 2.00. The molecule has 0 saturated carbocycles. The number of fused-ring (bicyclic) bond motifs is 1. The number of hydrogen-bond acceptors (Lipinski definition) is 3. The zero-order valence-corrected chi connectivity index (χ0v) is 12.1. The molecule has 106 valence electrons. The number of amides is 1. The Bertz CT molecular complexity index is 642. The van der Waals surface area contributed by atoms with Crippen molar-refractivity contribution in [2.24, 2.45) is 13.0 Å². The van der Waals surface area contributed by atoms with Crippen LogP contribution in [0.4, 0.5) is 5.69 Å². The molecule has 1 atom stereocenters. The van der Waals surface area contributed by atoms with Crippen LogP contribution in [-0.4, -0.2) is 32.3 Å². The van der Waals surface area contributed by atoms with Crippen molar-refractivity contribution in [3.63, 3.8) is 0 Å². The Kier molecular flexibility index (Phi) is 3.08. The molecule has 2 aromatic rings. The van der Waals surface area contributed by atoms with Crippen molar-refractivity contribution < 1.29 is 4.79 Å². The molecule has 1 aliphatic heterocycles. The second-order valence-corrected chi connectivity index (χ2v) is 5.41. The number of hydrogen-bond donors (Lipinski definition) is 0. The van der Waals surface area contributed by atoms with Crippen LogP contribution in [0.3, 0.4) is 0 Å². The molecule has 0 aliphatic carbocycles. The third-order valence-corrected chi connectivity index (χ3v) is 4.05. The smallest absolute Gasteiger partial charge is 0.230 e. The largest absolute Gasteiger partial charge is 0.332 e. The lowest BCUT2D eigenvalue weighted by atomic mass is 9.94. The fourth-order valence-corrected chi connectivity index (χ4v) is 2.82. The van der Waals surface area contributed by atoms with Crippen LogP contribution in [0, 0.1) is 12.8 Å². The minimum atomic E-state index is 0.0313. The predicted molar refractivity (Wildman–Crippen MR) is 75.4 cm³/mol. The van der Waals surface area contributed by atoms with Gasteiger partial charge >= 0.3 is 0 Å². The van der Waals surface area contributed by atoms with Gasteiger partial charge in [-0.05, 0) is 13.3 Å². The molecule has 0 saturated heterocycles. The molecule has 6 heteroatoms. The number of carbonyl (C=O) groups excluding carboxylic acids is 1. The number of aromatic nitrogens is 4. The van der Waals surface area contributed by atoms with Crippen molar-refractivity contribution in [1.82, 2.24) is 19.3 Å². The molecule has 0 N–H and O–H groups in total. The fraction of sp³-hybridized carbons (Fsp3) is 0.500. The highest BCUT2D eigenvalue weighted by Gasteiger charge is 2.28. The highest BCUT2D eigenvalue weighted by Crippen LogP contribution is 2.24. The Hall–Kier alpha value is -2.11. The SMILES string of the molecule is Cc1ncc2n1CC[C@H](C(=O)N(C)c1cnn(C)c1)C2. The number of anilines is 1. The fourth-order valence-electron chi connectivity index (χ4n) is 2.82. The van der Waals surface area contributed by atoms with Gasteiger partial charge in [0.05, 0.1) is 11.9 Å². The van der Waals surface area contributed by atoms with E-state index < -0.39 is 0 Å². The van der Waals surface area contributed by atoms with E-state index in [1.54, 1.807) is 15.8 Å². The van der Waals surface area contributed by atoms with Crippen LogP contribution in [-0.2, 0) is 24.8 Å². The number of aryl methyl sites for hydroxylation is 2. The van der Waals surface area contributed by atoms with Gasteiger partial charge in [-0.15, -0.1) is 0 Å². The van der Waals surface area contributed by atoms with Crippen LogP contribution >= 0.6 is 0 Å². The second-order valence-electron chi connectivity index (χ2n) is 5.41. The Balaban J connectivity index is 1.76. The lowest BCUT2D eigenvalue weighted by Gasteiger charge is -2.27. The molecule has 2 aromatic heterocycles. The van der Waals surface area contributed by atoms with Gasteiger partial charge in [0.25, 0.3) is 0 Å². The first kappa shape index (κ1) is 12.9. The van der Waals surface area contributed by atoms with Crippen LogP contribution in [0.1, 0.15) is 17.9 Å². The molecule has 3 heterocycles. The van der Waals surface area contributed by atoms with E-state index in [1.165, 1.54) is 0 Å². The molecular formula is C14H19N5O. The minimum absolute atomic E-state index is 0.0313. The van der Waals surface area contributed by atoms with E-state index in [4.69, 9.17) is 0 Å². The van der Waals surface area contributed by atoms with E-state index >= 15 is 0 Å². The average Bonchev–Trinajstić information content (AvgIpc) is 3.04. The summed E-state index contributed by atoms with van der Waals surface area (Å²) in [4.78, 5) is 18.6. The normalized spacial score (nSPS) is 17.9. The van der Waals surface area contributed by atoms with Crippen molar-refractivity contribution in [2.45, 2.75) is 26.3 Å². The summed E-state index contributed by atoms with van der Waals surface area (Å²) in [6, 6.07) is 0. The maximum Gasteiger partial charge on any atom is 0.230 e. The van der Waals surface area contributed by atoms with Crippen molar-refractivity contribution in [2.75, 3.05) is 11.9 Å². The van der Waals surface area contributed by atoms with Gasteiger partial charge < -0.3 is 9.47 Å². The quantitative estimate of drug-likeness (QED) is 0.825. The molecule has 6 nitrogen and oxygen atoms in total. The Morgan fingerprint density at radius 3 is 2.95 bits per heavy atom. The first-order valence-electron chi connectivity index (χ1n) is 6.83.